The number of para-hydroxylation sites is 1. The molecule has 2 aliphatic heterocycles. The van der Waals surface area contributed by atoms with Crippen molar-refractivity contribution in [3.05, 3.63) is 124 Å². The Labute approximate surface area is 274 Å². The van der Waals surface area contributed by atoms with E-state index in [0.717, 1.165) is 5.54 Å². The molecule has 1 nitrogen and oxygen atoms in total. The zero-order chi connectivity index (χ0) is 27.5. The van der Waals surface area contributed by atoms with Crippen molar-refractivity contribution in [2.45, 2.75) is 62.3 Å². The van der Waals surface area contributed by atoms with Crippen LogP contribution >= 0.6 is 0 Å². The average molecular weight is 675 g/mol. The molecule has 0 N–H and O–H groups in total. The second-order valence-corrected chi connectivity index (χ2v) is 18.0. The SMILES string of the molecule is CC1=C2c3ccn(-c4ccccc4)c3C1[Si]2(C)C.CCC(C)c1ccc(-c2cccc3c2C=C(C)[CH]3[Zr+2])cc1.[Cl-].[Cl-]. The molecule has 3 atom stereocenters. The molecule has 0 fully saturated rings. The van der Waals surface area contributed by atoms with Crippen molar-refractivity contribution in [1.29, 1.82) is 0 Å². The van der Waals surface area contributed by atoms with Gasteiger partial charge in [-0.25, -0.2) is 0 Å². The number of halogens is 2. The van der Waals surface area contributed by atoms with Crippen molar-refractivity contribution in [2.24, 2.45) is 0 Å². The van der Waals surface area contributed by atoms with Gasteiger partial charge in [0.05, 0.1) is 8.07 Å². The molecule has 4 aliphatic rings. The van der Waals surface area contributed by atoms with Crippen LogP contribution in [0.2, 0.25) is 13.1 Å². The molecule has 3 aromatic carbocycles. The molecule has 3 heterocycles. The van der Waals surface area contributed by atoms with E-state index in [-0.39, 0.29) is 24.8 Å². The van der Waals surface area contributed by atoms with Gasteiger partial charge in [0.1, 0.15) is 0 Å². The third kappa shape index (κ3) is 5.27. The summed E-state index contributed by atoms with van der Waals surface area (Å²) in [5.41, 5.74) is 15.4. The fourth-order valence-electron chi connectivity index (χ4n) is 7.16. The van der Waals surface area contributed by atoms with Crippen LogP contribution in [0.15, 0.2) is 96.2 Å². The van der Waals surface area contributed by atoms with Gasteiger partial charge in [-0.05, 0) is 30.7 Å². The number of allylic oxidation sites excluding steroid dienone is 2. The largest absolute Gasteiger partial charge is 1.00 e. The van der Waals surface area contributed by atoms with E-state index in [0.29, 0.717) is 9.54 Å². The van der Waals surface area contributed by atoms with Crippen LogP contribution in [-0.2, 0) is 24.7 Å². The van der Waals surface area contributed by atoms with E-state index in [1.165, 1.54) is 51.1 Å². The number of nitrogens with zero attached hydrogens (tertiary/aromatic N) is 1. The van der Waals surface area contributed by atoms with Crippen molar-refractivity contribution in [3.63, 3.8) is 0 Å². The smallest absolute Gasteiger partial charge is 1.00 e. The zero-order valence-electron chi connectivity index (χ0n) is 24.8. The average Bonchev–Trinajstić information content (AvgIpc) is 3.64. The number of rotatable bonds is 4. The molecule has 3 unspecified atom stereocenters. The van der Waals surface area contributed by atoms with Crippen LogP contribution in [-0.4, -0.2) is 12.6 Å². The number of aromatic nitrogens is 1. The number of benzene rings is 3. The Morgan fingerprint density at radius 1 is 0.854 bits per heavy atom. The molecule has 0 radical (unpaired) electrons. The molecule has 2 bridgehead atoms. The van der Waals surface area contributed by atoms with Gasteiger partial charge in [0.2, 0.25) is 0 Å². The van der Waals surface area contributed by atoms with Crippen LogP contribution in [0.25, 0.3) is 28.1 Å². The minimum atomic E-state index is -1.17. The Balaban J connectivity index is 0.000000182. The minimum absolute atomic E-state index is 0. The maximum atomic E-state index is 2.51. The summed E-state index contributed by atoms with van der Waals surface area (Å²) in [5.74, 6) is 0.645. The van der Waals surface area contributed by atoms with Crippen LogP contribution in [0.3, 0.4) is 0 Å². The second-order valence-electron chi connectivity index (χ2n) is 12.1. The van der Waals surface area contributed by atoms with Crippen molar-refractivity contribution < 1.29 is 49.5 Å². The molecular weight excluding hydrogens is 637 g/mol. The third-order valence-electron chi connectivity index (χ3n) is 9.38. The van der Waals surface area contributed by atoms with Crippen LogP contribution in [0, 0.1) is 0 Å². The summed E-state index contributed by atoms with van der Waals surface area (Å²) < 4.78 is 3.05. The predicted molar refractivity (Wildman–Crippen MR) is 166 cm³/mol. The number of fused-ring (bicyclic) bond motifs is 1. The maximum Gasteiger partial charge on any atom is -1.00 e. The Morgan fingerprint density at radius 2 is 1.54 bits per heavy atom. The quantitative estimate of drug-likeness (QED) is 0.289. The van der Waals surface area contributed by atoms with Gasteiger partial charge in [0.15, 0.2) is 0 Å². The summed E-state index contributed by atoms with van der Waals surface area (Å²) in [7, 11) is -1.17. The van der Waals surface area contributed by atoms with E-state index in [4.69, 9.17) is 0 Å². The van der Waals surface area contributed by atoms with Crippen molar-refractivity contribution in [3.8, 4) is 16.8 Å². The number of hydrogen-bond acceptors (Lipinski definition) is 0. The molecule has 5 heteroatoms. The summed E-state index contributed by atoms with van der Waals surface area (Å²) >= 11 is 1.59. The van der Waals surface area contributed by atoms with Crippen molar-refractivity contribution in [2.75, 3.05) is 0 Å². The Hall–Kier alpha value is -1.90. The Kier molecular flexibility index (Phi) is 9.66. The van der Waals surface area contributed by atoms with Gasteiger partial charge in [-0.3, -0.25) is 0 Å². The van der Waals surface area contributed by atoms with Gasteiger partial charge in [-0.2, -0.15) is 0 Å². The van der Waals surface area contributed by atoms with Crippen molar-refractivity contribution >= 4 is 19.3 Å². The molecule has 41 heavy (non-hydrogen) atoms. The Morgan fingerprint density at radius 3 is 2.17 bits per heavy atom. The monoisotopic (exact) mass is 672 g/mol. The van der Waals surface area contributed by atoms with Gasteiger partial charge in [0.25, 0.3) is 0 Å². The van der Waals surface area contributed by atoms with E-state index in [1.54, 1.807) is 41.2 Å². The van der Waals surface area contributed by atoms with E-state index in [1.807, 2.05) is 0 Å². The topological polar surface area (TPSA) is 4.93 Å². The van der Waals surface area contributed by atoms with Crippen LogP contribution in [0.5, 0.6) is 0 Å². The fourth-order valence-corrected chi connectivity index (χ4v) is 12.3. The van der Waals surface area contributed by atoms with Gasteiger partial charge in [-0.15, -0.1) is 0 Å². The van der Waals surface area contributed by atoms with Gasteiger partial charge < -0.3 is 29.4 Å². The first-order valence-corrected chi connectivity index (χ1v) is 18.8. The zero-order valence-corrected chi connectivity index (χ0v) is 29.8. The normalized spacial score (nSPS) is 19.5. The van der Waals surface area contributed by atoms with Gasteiger partial charge in [0, 0.05) is 23.1 Å². The summed E-state index contributed by atoms with van der Waals surface area (Å²) in [5, 5.41) is 1.72. The third-order valence-corrected chi connectivity index (χ3v) is 15.4. The Bertz CT molecular complexity index is 1620. The molecular formula is C36H38Cl2NSiZr. The first-order valence-electron chi connectivity index (χ1n) is 14.3. The van der Waals surface area contributed by atoms with Gasteiger partial charge >= 0.3 is 143 Å². The summed E-state index contributed by atoms with van der Waals surface area (Å²) in [6.45, 7) is 14.2. The molecule has 2 aliphatic carbocycles. The minimum Gasteiger partial charge on any atom is -1.00 e. The summed E-state index contributed by atoms with van der Waals surface area (Å²) in [4.78, 5) is 0. The number of hydrogen-bond donors (Lipinski definition) is 0. The van der Waals surface area contributed by atoms with Crippen LogP contribution < -0.4 is 24.8 Å². The predicted octanol–water partition coefficient (Wildman–Crippen LogP) is 4.03. The first kappa shape index (κ1) is 32.0. The van der Waals surface area contributed by atoms with E-state index in [2.05, 4.69) is 136 Å². The molecule has 209 valence electrons. The summed E-state index contributed by atoms with van der Waals surface area (Å²) in [6, 6.07) is 29.0. The molecule has 0 saturated carbocycles. The van der Waals surface area contributed by atoms with Crippen LogP contribution in [0.1, 0.15) is 77.1 Å². The molecule has 0 spiro atoms. The fraction of sp³-hybridized carbons (Fsp3) is 0.278. The van der Waals surface area contributed by atoms with Gasteiger partial charge in [-0.1, -0.05) is 42.1 Å². The van der Waals surface area contributed by atoms with E-state index in [9.17, 15) is 0 Å². The molecule has 0 amide bonds. The van der Waals surface area contributed by atoms with Crippen molar-refractivity contribution in [1.82, 2.24) is 4.57 Å². The molecule has 0 saturated heterocycles. The van der Waals surface area contributed by atoms with E-state index >= 15 is 0 Å². The first-order chi connectivity index (χ1) is 18.7. The second kappa shape index (κ2) is 12.4. The molecule has 8 rings (SSSR count). The standard InChI is InChI=1S/C20H21.C16H17NSi.2ClH.Zr/c1-4-15(3)16-8-10-17(11-9-16)19-7-5-6-18-12-14(2)13-20(18)19;1-11-15-13-9-10-17(12-7-5-4-6-8-12)14(13)16(11)18(15,2)3;;;/h5-13,15H,4H2,1-3H3;4-10,16H,1-3H3;2*1H;/q;;;;+2/p-2. The summed E-state index contributed by atoms with van der Waals surface area (Å²) in [6.07, 6.45) is 5.82. The van der Waals surface area contributed by atoms with Crippen LogP contribution in [0.4, 0.5) is 0 Å². The maximum absolute atomic E-state index is 2.51. The van der Waals surface area contributed by atoms with E-state index < -0.39 is 8.07 Å². The molecule has 1 aromatic heterocycles. The molecule has 4 aromatic rings.